The summed E-state index contributed by atoms with van der Waals surface area (Å²) in [5.74, 6) is 0.303. The average Bonchev–Trinajstić information content (AvgIpc) is 2.61. The summed E-state index contributed by atoms with van der Waals surface area (Å²) in [6.07, 6.45) is 1.30. The quantitative estimate of drug-likeness (QED) is 0.444. The maximum atomic E-state index is 11.6. The SMILES string of the molecule is Cc1ccc(CNc2ncnc(Nc3cccc(Br)c3)c2[N+](=O)[O-])cc1. The van der Waals surface area contributed by atoms with Gasteiger partial charge in [-0.2, -0.15) is 0 Å². The van der Waals surface area contributed by atoms with Gasteiger partial charge < -0.3 is 10.6 Å². The van der Waals surface area contributed by atoms with Crippen LogP contribution in [0.15, 0.2) is 59.3 Å². The van der Waals surface area contributed by atoms with Crippen molar-refractivity contribution in [2.45, 2.75) is 13.5 Å². The van der Waals surface area contributed by atoms with Crippen molar-refractivity contribution in [3.05, 3.63) is 80.6 Å². The van der Waals surface area contributed by atoms with Crippen LogP contribution in [0.4, 0.5) is 23.0 Å². The van der Waals surface area contributed by atoms with Crippen LogP contribution in [0, 0.1) is 17.0 Å². The number of aromatic nitrogens is 2. The first-order chi connectivity index (χ1) is 12.5. The molecule has 0 bridgehead atoms. The van der Waals surface area contributed by atoms with Crippen molar-refractivity contribution in [1.82, 2.24) is 9.97 Å². The normalized spacial score (nSPS) is 10.4. The zero-order valence-electron chi connectivity index (χ0n) is 13.9. The Bertz CT molecular complexity index is 931. The fraction of sp³-hybridized carbons (Fsp3) is 0.111. The Labute approximate surface area is 158 Å². The van der Waals surface area contributed by atoms with Crippen LogP contribution in [0.3, 0.4) is 0 Å². The lowest BCUT2D eigenvalue weighted by molar-refractivity contribution is -0.383. The molecule has 7 nitrogen and oxygen atoms in total. The van der Waals surface area contributed by atoms with Crippen molar-refractivity contribution in [2.75, 3.05) is 10.6 Å². The standard InChI is InChI=1S/C18H16BrN5O2/c1-12-5-7-13(8-6-12)10-20-17-16(24(25)26)18(22-11-21-17)23-15-4-2-3-14(19)9-15/h2-9,11H,10H2,1H3,(H2,20,21,22,23). The van der Waals surface area contributed by atoms with Gasteiger partial charge in [0.2, 0.25) is 11.6 Å². The molecule has 8 heteroatoms. The second-order valence-corrected chi connectivity index (χ2v) is 6.57. The minimum atomic E-state index is -0.488. The van der Waals surface area contributed by atoms with Crippen molar-refractivity contribution in [3.8, 4) is 0 Å². The number of nitrogens with zero attached hydrogens (tertiary/aromatic N) is 3. The van der Waals surface area contributed by atoms with E-state index in [1.165, 1.54) is 6.33 Å². The average molecular weight is 414 g/mol. The van der Waals surface area contributed by atoms with Crippen LogP contribution in [0.25, 0.3) is 0 Å². The first-order valence-corrected chi connectivity index (χ1v) is 8.63. The first-order valence-electron chi connectivity index (χ1n) is 7.84. The Morgan fingerprint density at radius 1 is 1.12 bits per heavy atom. The molecule has 3 aromatic rings. The fourth-order valence-corrected chi connectivity index (χ4v) is 2.77. The highest BCUT2D eigenvalue weighted by Gasteiger charge is 2.23. The minimum Gasteiger partial charge on any atom is -0.360 e. The zero-order valence-corrected chi connectivity index (χ0v) is 15.5. The molecule has 132 valence electrons. The first kappa shape index (κ1) is 17.8. The van der Waals surface area contributed by atoms with Crippen LogP contribution in [0.1, 0.15) is 11.1 Å². The molecule has 0 aliphatic rings. The molecule has 0 saturated heterocycles. The lowest BCUT2D eigenvalue weighted by atomic mass is 10.1. The number of nitrogens with one attached hydrogen (secondary N) is 2. The number of rotatable bonds is 6. The van der Waals surface area contributed by atoms with E-state index in [1.54, 1.807) is 6.07 Å². The van der Waals surface area contributed by atoms with Crippen LogP contribution in [0.5, 0.6) is 0 Å². The maximum absolute atomic E-state index is 11.6. The molecule has 0 saturated carbocycles. The smallest absolute Gasteiger partial charge is 0.353 e. The number of hydrogen-bond donors (Lipinski definition) is 2. The summed E-state index contributed by atoms with van der Waals surface area (Å²) in [4.78, 5) is 19.2. The van der Waals surface area contributed by atoms with Crippen molar-refractivity contribution in [3.63, 3.8) is 0 Å². The molecule has 0 amide bonds. The highest BCUT2D eigenvalue weighted by molar-refractivity contribution is 9.10. The highest BCUT2D eigenvalue weighted by Crippen LogP contribution is 2.31. The van der Waals surface area contributed by atoms with Crippen LogP contribution in [-0.2, 0) is 6.54 Å². The second kappa shape index (κ2) is 7.92. The summed E-state index contributed by atoms with van der Waals surface area (Å²) < 4.78 is 0.858. The molecule has 0 aliphatic carbocycles. The van der Waals surface area contributed by atoms with Crippen molar-refractivity contribution < 1.29 is 4.92 Å². The van der Waals surface area contributed by atoms with E-state index in [0.29, 0.717) is 12.2 Å². The molecule has 0 unspecified atom stereocenters. The third-order valence-electron chi connectivity index (χ3n) is 3.67. The monoisotopic (exact) mass is 413 g/mol. The Kier molecular flexibility index (Phi) is 5.43. The van der Waals surface area contributed by atoms with Crippen LogP contribution < -0.4 is 10.6 Å². The van der Waals surface area contributed by atoms with Gasteiger partial charge in [0.25, 0.3) is 0 Å². The van der Waals surface area contributed by atoms with Gasteiger partial charge >= 0.3 is 5.69 Å². The number of aryl methyl sites for hydroxylation is 1. The molecule has 0 atom stereocenters. The molecule has 0 radical (unpaired) electrons. The summed E-state index contributed by atoms with van der Waals surface area (Å²) in [5.41, 5.74) is 2.65. The van der Waals surface area contributed by atoms with Gasteiger partial charge in [0.15, 0.2) is 0 Å². The maximum Gasteiger partial charge on any atom is 0.353 e. The molecule has 0 fully saturated rings. The highest BCUT2D eigenvalue weighted by atomic mass is 79.9. The molecule has 1 heterocycles. The molecule has 3 rings (SSSR count). The molecular weight excluding hydrogens is 398 g/mol. The van der Waals surface area contributed by atoms with E-state index in [4.69, 9.17) is 0 Å². The topological polar surface area (TPSA) is 93.0 Å². The van der Waals surface area contributed by atoms with E-state index in [-0.39, 0.29) is 17.3 Å². The van der Waals surface area contributed by atoms with E-state index in [0.717, 1.165) is 15.6 Å². The predicted octanol–water partition coefficient (Wildman–Crippen LogP) is 4.81. The Morgan fingerprint density at radius 2 is 1.85 bits per heavy atom. The van der Waals surface area contributed by atoms with Gasteiger partial charge in [-0.05, 0) is 30.7 Å². The Balaban J connectivity index is 1.85. The lowest BCUT2D eigenvalue weighted by Gasteiger charge is -2.10. The van der Waals surface area contributed by atoms with Crippen molar-refractivity contribution in [2.24, 2.45) is 0 Å². The van der Waals surface area contributed by atoms with Crippen molar-refractivity contribution in [1.29, 1.82) is 0 Å². The fourth-order valence-electron chi connectivity index (χ4n) is 2.37. The zero-order chi connectivity index (χ0) is 18.5. The number of halogens is 1. The van der Waals surface area contributed by atoms with E-state index >= 15 is 0 Å². The number of anilines is 3. The summed E-state index contributed by atoms with van der Waals surface area (Å²) in [6.45, 7) is 2.43. The van der Waals surface area contributed by atoms with Gasteiger partial charge in [-0.15, -0.1) is 0 Å². The van der Waals surface area contributed by atoms with Crippen LogP contribution >= 0.6 is 15.9 Å². The predicted molar refractivity (Wildman–Crippen MR) is 105 cm³/mol. The number of hydrogen-bond acceptors (Lipinski definition) is 6. The van der Waals surface area contributed by atoms with E-state index < -0.39 is 4.92 Å². The van der Waals surface area contributed by atoms with Gasteiger partial charge in [0.05, 0.1) is 4.92 Å². The molecule has 0 spiro atoms. The van der Waals surface area contributed by atoms with E-state index in [2.05, 4.69) is 36.5 Å². The van der Waals surface area contributed by atoms with Gasteiger partial charge in [-0.1, -0.05) is 51.8 Å². The van der Waals surface area contributed by atoms with Gasteiger partial charge in [-0.3, -0.25) is 10.1 Å². The van der Waals surface area contributed by atoms with Gasteiger partial charge in [-0.25, -0.2) is 9.97 Å². The van der Waals surface area contributed by atoms with Gasteiger partial charge in [0.1, 0.15) is 6.33 Å². The second-order valence-electron chi connectivity index (χ2n) is 5.65. The van der Waals surface area contributed by atoms with Gasteiger partial charge in [0, 0.05) is 16.7 Å². The van der Waals surface area contributed by atoms with Crippen LogP contribution in [-0.4, -0.2) is 14.9 Å². The third-order valence-corrected chi connectivity index (χ3v) is 4.17. The molecule has 26 heavy (non-hydrogen) atoms. The molecule has 1 aromatic heterocycles. The molecule has 2 aromatic carbocycles. The summed E-state index contributed by atoms with van der Waals surface area (Å²) >= 11 is 3.37. The minimum absolute atomic E-state index is 0.134. The summed E-state index contributed by atoms with van der Waals surface area (Å²) in [6, 6.07) is 15.2. The lowest BCUT2D eigenvalue weighted by Crippen LogP contribution is -2.08. The number of nitro groups is 1. The molecular formula is C18H16BrN5O2. The summed E-state index contributed by atoms with van der Waals surface area (Å²) in [7, 11) is 0. The van der Waals surface area contributed by atoms with E-state index in [1.807, 2.05) is 49.4 Å². The largest absolute Gasteiger partial charge is 0.360 e. The number of benzene rings is 2. The Hall–Kier alpha value is -3.00. The third kappa shape index (κ3) is 4.34. The Morgan fingerprint density at radius 3 is 2.54 bits per heavy atom. The van der Waals surface area contributed by atoms with Crippen molar-refractivity contribution >= 4 is 38.9 Å². The molecule has 2 N–H and O–H groups in total. The molecule has 0 aliphatic heterocycles. The van der Waals surface area contributed by atoms with E-state index in [9.17, 15) is 10.1 Å². The summed E-state index contributed by atoms with van der Waals surface area (Å²) in [5, 5.41) is 17.6. The van der Waals surface area contributed by atoms with Crippen LogP contribution in [0.2, 0.25) is 0 Å².